The van der Waals surface area contributed by atoms with Gasteiger partial charge in [-0.05, 0) is 12.1 Å². The van der Waals surface area contributed by atoms with Crippen molar-refractivity contribution in [3.63, 3.8) is 0 Å². The Hall–Kier alpha value is -2.95. The SMILES string of the molecule is N#Cc1cc(NCCn2cc(C(=O)O)nn2)ccn1. The second-order valence-corrected chi connectivity index (χ2v) is 3.64. The van der Waals surface area contributed by atoms with Crippen molar-refractivity contribution in [1.29, 1.82) is 5.26 Å². The number of aromatic carboxylic acids is 1. The van der Waals surface area contributed by atoms with Crippen LogP contribution in [0.2, 0.25) is 0 Å². The van der Waals surface area contributed by atoms with Gasteiger partial charge in [0.1, 0.15) is 11.8 Å². The lowest BCUT2D eigenvalue weighted by atomic mass is 10.3. The summed E-state index contributed by atoms with van der Waals surface area (Å²) in [5, 5.41) is 27.7. The van der Waals surface area contributed by atoms with Crippen molar-refractivity contribution in [2.45, 2.75) is 6.54 Å². The molecule has 0 aliphatic rings. The van der Waals surface area contributed by atoms with E-state index < -0.39 is 5.97 Å². The Kier molecular flexibility index (Phi) is 3.68. The number of aromatic nitrogens is 4. The molecule has 2 aromatic rings. The quantitative estimate of drug-likeness (QED) is 0.794. The minimum absolute atomic E-state index is 0.0873. The number of anilines is 1. The number of hydrogen-bond acceptors (Lipinski definition) is 6. The highest BCUT2D eigenvalue weighted by molar-refractivity contribution is 5.84. The van der Waals surface area contributed by atoms with Gasteiger partial charge in [-0.3, -0.25) is 0 Å². The van der Waals surface area contributed by atoms with Gasteiger partial charge in [0.2, 0.25) is 0 Å². The van der Waals surface area contributed by atoms with Crippen LogP contribution in [0.5, 0.6) is 0 Å². The molecule has 2 aromatic heterocycles. The lowest BCUT2D eigenvalue weighted by Crippen LogP contribution is -2.11. The highest BCUT2D eigenvalue weighted by Gasteiger charge is 2.07. The molecule has 0 amide bonds. The number of carbonyl (C=O) groups is 1. The molecule has 19 heavy (non-hydrogen) atoms. The fourth-order valence-electron chi connectivity index (χ4n) is 1.42. The highest BCUT2D eigenvalue weighted by atomic mass is 16.4. The summed E-state index contributed by atoms with van der Waals surface area (Å²) in [6.45, 7) is 0.988. The van der Waals surface area contributed by atoms with E-state index in [4.69, 9.17) is 10.4 Å². The summed E-state index contributed by atoms with van der Waals surface area (Å²) < 4.78 is 1.43. The molecule has 8 heteroatoms. The average Bonchev–Trinajstić information content (AvgIpc) is 2.88. The van der Waals surface area contributed by atoms with E-state index in [1.807, 2.05) is 6.07 Å². The predicted molar refractivity (Wildman–Crippen MR) is 64.4 cm³/mol. The Balaban J connectivity index is 1.89. The summed E-state index contributed by atoms with van der Waals surface area (Å²) in [4.78, 5) is 14.5. The maximum atomic E-state index is 10.6. The van der Waals surface area contributed by atoms with Gasteiger partial charge in [-0.1, -0.05) is 5.21 Å². The Morgan fingerprint density at radius 2 is 2.42 bits per heavy atom. The van der Waals surface area contributed by atoms with E-state index in [1.54, 1.807) is 18.3 Å². The van der Waals surface area contributed by atoms with Gasteiger partial charge in [0.05, 0.1) is 12.7 Å². The van der Waals surface area contributed by atoms with Crippen molar-refractivity contribution in [3.8, 4) is 6.07 Å². The average molecular weight is 258 g/mol. The zero-order valence-corrected chi connectivity index (χ0v) is 9.82. The number of carboxylic acids is 1. The first kappa shape index (κ1) is 12.5. The molecule has 8 nitrogen and oxygen atoms in total. The molecule has 0 saturated carbocycles. The second kappa shape index (κ2) is 5.59. The molecule has 0 unspecified atom stereocenters. The molecule has 0 aliphatic carbocycles. The van der Waals surface area contributed by atoms with E-state index in [2.05, 4.69) is 20.6 Å². The third-order valence-electron chi connectivity index (χ3n) is 2.30. The van der Waals surface area contributed by atoms with Crippen molar-refractivity contribution in [3.05, 3.63) is 35.9 Å². The number of carboxylic acid groups (broad SMARTS) is 1. The van der Waals surface area contributed by atoms with Crippen LogP contribution >= 0.6 is 0 Å². The molecule has 0 spiro atoms. The Labute approximate surface area is 108 Å². The van der Waals surface area contributed by atoms with E-state index >= 15 is 0 Å². The van der Waals surface area contributed by atoms with Crippen molar-refractivity contribution in [2.75, 3.05) is 11.9 Å². The lowest BCUT2D eigenvalue weighted by Gasteiger charge is -2.05. The summed E-state index contributed by atoms with van der Waals surface area (Å²) in [6.07, 6.45) is 2.90. The topological polar surface area (TPSA) is 117 Å². The fourth-order valence-corrected chi connectivity index (χ4v) is 1.42. The van der Waals surface area contributed by atoms with Crippen LogP contribution in [0.4, 0.5) is 5.69 Å². The summed E-state index contributed by atoms with van der Waals surface area (Å²) in [6, 6.07) is 5.32. The number of nitrogens with zero attached hydrogens (tertiary/aromatic N) is 5. The molecular formula is C11H10N6O2. The molecule has 0 saturated heterocycles. The zero-order chi connectivity index (χ0) is 13.7. The smallest absolute Gasteiger partial charge is 0.358 e. The van der Waals surface area contributed by atoms with E-state index in [1.165, 1.54) is 10.9 Å². The van der Waals surface area contributed by atoms with Crippen LogP contribution in [0.25, 0.3) is 0 Å². The van der Waals surface area contributed by atoms with Crippen LogP contribution < -0.4 is 5.32 Å². The first-order chi connectivity index (χ1) is 9.19. The van der Waals surface area contributed by atoms with Gasteiger partial charge in [0, 0.05) is 18.4 Å². The van der Waals surface area contributed by atoms with Crippen LogP contribution in [0.15, 0.2) is 24.5 Å². The maximum absolute atomic E-state index is 10.6. The van der Waals surface area contributed by atoms with Crippen molar-refractivity contribution < 1.29 is 9.90 Å². The van der Waals surface area contributed by atoms with Crippen molar-refractivity contribution in [1.82, 2.24) is 20.0 Å². The van der Waals surface area contributed by atoms with Crippen molar-refractivity contribution >= 4 is 11.7 Å². The molecule has 0 atom stereocenters. The van der Waals surface area contributed by atoms with Gasteiger partial charge in [0.25, 0.3) is 0 Å². The van der Waals surface area contributed by atoms with Crippen LogP contribution in [-0.4, -0.2) is 37.6 Å². The molecule has 0 bridgehead atoms. The normalized spacial score (nSPS) is 9.84. The third-order valence-corrected chi connectivity index (χ3v) is 2.30. The van der Waals surface area contributed by atoms with Gasteiger partial charge < -0.3 is 10.4 Å². The molecule has 2 N–H and O–H groups in total. The number of rotatable bonds is 5. The maximum Gasteiger partial charge on any atom is 0.358 e. The predicted octanol–water partition coefficient (Wildman–Crippen LogP) is 0.355. The Morgan fingerprint density at radius 3 is 3.11 bits per heavy atom. The standard InChI is InChI=1S/C11H10N6O2/c12-6-9-5-8(1-2-13-9)14-3-4-17-7-10(11(18)19)15-16-17/h1-2,5,7H,3-4H2,(H,13,14)(H,18,19). The molecule has 0 radical (unpaired) electrons. The van der Waals surface area contributed by atoms with Gasteiger partial charge in [-0.15, -0.1) is 5.10 Å². The van der Waals surface area contributed by atoms with Crippen LogP contribution in [-0.2, 0) is 6.54 Å². The number of hydrogen-bond donors (Lipinski definition) is 2. The third kappa shape index (κ3) is 3.26. The van der Waals surface area contributed by atoms with Crippen LogP contribution in [0, 0.1) is 11.3 Å². The summed E-state index contributed by atoms with van der Waals surface area (Å²) in [5.41, 5.74) is 1.01. The molecule has 2 heterocycles. The Bertz CT molecular complexity index is 630. The van der Waals surface area contributed by atoms with Crippen LogP contribution in [0.1, 0.15) is 16.2 Å². The monoisotopic (exact) mass is 258 g/mol. The molecule has 96 valence electrons. The van der Waals surface area contributed by atoms with Crippen molar-refractivity contribution in [2.24, 2.45) is 0 Å². The second-order valence-electron chi connectivity index (χ2n) is 3.64. The molecular weight excluding hydrogens is 248 g/mol. The highest BCUT2D eigenvalue weighted by Crippen LogP contribution is 2.06. The first-order valence-electron chi connectivity index (χ1n) is 5.42. The van der Waals surface area contributed by atoms with Crippen LogP contribution in [0.3, 0.4) is 0 Å². The summed E-state index contributed by atoms with van der Waals surface area (Å²) in [5.74, 6) is -1.10. The minimum Gasteiger partial charge on any atom is -0.476 e. The van der Waals surface area contributed by atoms with Gasteiger partial charge in [-0.2, -0.15) is 5.26 Å². The van der Waals surface area contributed by atoms with Gasteiger partial charge >= 0.3 is 5.97 Å². The molecule has 2 rings (SSSR count). The fraction of sp³-hybridized carbons (Fsp3) is 0.182. The van der Waals surface area contributed by atoms with E-state index in [-0.39, 0.29) is 5.69 Å². The summed E-state index contributed by atoms with van der Waals surface area (Å²) in [7, 11) is 0. The number of nitriles is 1. The number of pyridine rings is 1. The van der Waals surface area contributed by atoms with Gasteiger partial charge in [0.15, 0.2) is 5.69 Å². The lowest BCUT2D eigenvalue weighted by molar-refractivity contribution is 0.0690. The molecule has 0 aromatic carbocycles. The largest absolute Gasteiger partial charge is 0.476 e. The van der Waals surface area contributed by atoms with E-state index in [9.17, 15) is 4.79 Å². The number of nitrogens with one attached hydrogen (secondary N) is 1. The minimum atomic E-state index is -1.10. The zero-order valence-electron chi connectivity index (χ0n) is 9.82. The van der Waals surface area contributed by atoms with E-state index in [0.29, 0.717) is 18.8 Å². The first-order valence-corrected chi connectivity index (χ1v) is 5.42. The summed E-state index contributed by atoms with van der Waals surface area (Å²) >= 11 is 0. The van der Waals surface area contributed by atoms with Gasteiger partial charge in [-0.25, -0.2) is 14.5 Å². The molecule has 0 aliphatic heterocycles. The Morgan fingerprint density at radius 1 is 1.58 bits per heavy atom. The van der Waals surface area contributed by atoms with E-state index in [0.717, 1.165) is 5.69 Å². The molecule has 0 fully saturated rings.